The van der Waals surface area contributed by atoms with E-state index in [9.17, 15) is 0 Å². The van der Waals surface area contributed by atoms with Crippen molar-refractivity contribution in [1.82, 2.24) is 4.40 Å². The lowest BCUT2D eigenvalue weighted by molar-refractivity contribution is 0.655. The Balaban J connectivity index is 2.67. The predicted molar refractivity (Wildman–Crippen MR) is 61.0 cm³/mol. The standard InChI is InChI=1S/C12H6N4O/c13-5-7-11(15)9(6-14)16-8-3-1-2-4-10(8)17-12(7)16/h1-4H,15H2. The molecule has 3 aromatic rings. The smallest absolute Gasteiger partial charge is 0.226 e. The summed E-state index contributed by atoms with van der Waals surface area (Å²) in [5, 5.41) is 18.1. The minimum atomic E-state index is 0.166. The van der Waals surface area contributed by atoms with E-state index in [0.717, 1.165) is 5.52 Å². The van der Waals surface area contributed by atoms with Gasteiger partial charge >= 0.3 is 0 Å². The van der Waals surface area contributed by atoms with Crippen molar-refractivity contribution in [3.8, 4) is 12.1 Å². The van der Waals surface area contributed by atoms with E-state index in [1.807, 2.05) is 30.3 Å². The van der Waals surface area contributed by atoms with Crippen LogP contribution in [0, 0.1) is 22.7 Å². The van der Waals surface area contributed by atoms with Crippen LogP contribution in [0.1, 0.15) is 11.3 Å². The van der Waals surface area contributed by atoms with Gasteiger partial charge in [-0.05, 0) is 12.1 Å². The molecule has 0 bridgehead atoms. The van der Waals surface area contributed by atoms with Crippen molar-refractivity contribution in [1.29, 1.82) is 10.5 Å². The Labute approximate surface area is 95.9 Å². The molecule has 0 aliphatic heterocycles. The Morgan fingerprint density at radius 3 is 2.65 bits per heavy atom. The molecule has 0 radical (unpaired) electrons. The Bertz CT molecular complexity index is 826. The average Bonchev–Trinajstić information content (AvgIpc) is 2.82. The van der Waals surface area contributed by atoms with Gasteiger partial charge in [-0.2, -0.15) is 10.5 Å². The van der Waals surface area contributed by atoms with Gasteiger partial charge in [0, 0.05) is 0 Å². The fraction of sp³-hybridized carbons (Fsp3) is 0. The number of fused-ring (bicyclic) bond motifs is 3. The number of nitrogens with two attached hydrogens (primary N) is 1. The second-order valence-corrected chi connectivity index (χ2v) is 3.57. The monoisotopic (exact) mass is 222 g/mol. The van der Waals surface area contributed by atoms with Crippen LogP contribution in [0.2, 0.25) is 0 Å². The molecular weight excluding hydrogens is 216 g/mol. The fourth-order valence-corrected chi connectivity index (χ4v) is 1.94. The molecule has 80 valence electrons. The highest BCUT2D eigenvalue weighted by Gasteiger charge is 2.21. The zero-order valence-corrected chi connectivity index (χ0v) is 8.64. The van der Waals surface area contributed by atoms with Gasteiger partial charge in [-0.3, -0.25) is 4.40 Å². The van der Waals surface area contributed by atoms with Gasteiger partial charge in [0.05, 0.1) is 11.2 Å². The van der Waals surface area contributed by atoms with Gasteiger partial charge in [0.25, 0.3) is 0 Å². The van der Waals surface area contributed by atoms with E-state index in [-0.39, 0.29) is 16.9 Å². The molecule has 0 unspecified atom stereocenters. The highest BCUT2D eigenvalue weighted by molar-refractivity contribution is 5.85. The minimum Gasteiger partial charge on any atom is -0.437 e. The second kappa shape index (κ2) is 3.03. The maximum atomic E-state index is 9.10. The number of nitrogen functional groups attached to an aromatic ring is 1. The average molecular weight is 222 g/mol. The second-order valence-electron chi connectivity index (χ2n) is 3.57. The van der Waals surface area contributed by atoms with Crippen LogP contribution < -0.4 is 5.73 Å². The lowest BCUT2D eigenvalue weighted by Gasteiger charge is -1.91. The summed E-state index contributed by atoms with van der Waals surface area (Å²) < 4.78 is 7.12. The molecule has 2 aromatic heterocycles. The lowest BCUT2D eigenvalue weighted by atomic mass is 10.3. The summed E-state index contributed by atoms with van der Waals surface area (Å²) in [6, 6.07) is 11.2. The molecule has 0 atom stereocenters. The van der Waals surface area contributed by atoms with Crippen molar-refractivity contribution in [3.05, 3.63) is 35.5 Å². The first-order chi connectivity index (χ1) is 8.27. The predicted octanol–water partition coefficient (Wildman–Crippen LogP) is 2.01. The molecule has 0 saturated carbocycles. The molecule has 1 aromatic carbocycles. The topological polar surface area (TPSA) is 91.1 Å². The highest BCUT2D eigenvalue weighted by Crippen LogP contribution is 2.31. The first-order valence-corrected chi connectivity index (χ1v) is 4.89. The third kappa shape index (κ3) is 1.000. The number of rotatable bonds is 0. The molecule has 5 heteroatoms. The van der Waals surface area contributed by atoms with Crippen LogP contribution >= 0.6 is 0 Å². The molecule has 0 fully saturated rings. The van der Waals surface area contributed by atoms with Crippen LogP contribution in [0.25, 0.3) is 16.8 Å². The SMILES string of the molecule is N#Cc1c(N)c(C#N)n2c1oc1ccccc12. The number of nitriles is 2. The Morgan fingerprint density at radius 2 is 1.94 bits per heavy atom. The largest absolute Gasteiger partial charge is 0.437 e. The zero-order valence-electron chi connectivity index (χ0n) is 8.64. The summed E-state index contributed by atoms with van der Waals surface area (Å²) in [5.74, 6) is 0. The summed E-state index contributed by atoms with van der Waals surface area (Å²) in [7, 11) is 0. The minimum absolute atomic E-state index is 0.166. The first-order valence-electron chi connectivity index (χ1n) is 4.89. The van der Waals surface area contributed by atoms with Crippen LogP contribution in [-0.2, 0) is 0 Å². The molecule has 2 heterocycles. The molecule has 0 spiro atoms. The van der Waals surface area contributed by atoms with Crippen LogP contribution in [0.5, 0.6) is 0 Å². The molecule has 5 nitrogen and oxygen atoms in total. The molecule has 0 aliphatic carbocycles. The third-order valence-electron chi connectivity index (χ3n) is 2.70. The fourth-order valence-electron chi connectivity index (χ4n) is 1.94. The summed E-state index contributed by atoms with van der Waals surface area (Å²) in [5.41, 5.74) is 8.03. The van der Waals surface area contributed by atoms with Crippen molar-refractivity contribution in [2.24, 2.45) is 0 Å². The van der Waals surface area contributed by atoms with Gasteiger partial charge in [0.2, 0.25) is 5.71 Å². The van der Waals surface area contributed by atoms with Gasteiger partial charge in [-0.15, -0.1) is 0 Å². The summed E-state index contributed by atoms with van der Waals surface area (Å²) in [4.78, 5) is 0. The normalized spacial score (nSPS) is 10.5. The van der Waals surface area contributed by atoms with Crippen LogP contribution in [0.4, 0.5) is 5.69 Å². The highest BCUT2D eigenvalue weighted by atomic mass is 16.3. The Kier molecular flexibility index (Phi) is 1.66. The number of aromatic nitrogens is 1. The van der Waals surface area contributed by atoms with Gasteiger partial charge in [-0.1, -0.05) is 12.1 Å². The number of para-hydroxylation sites is 2. The van der Waals surface area contributed by atoms with E-state index >= 15 is 0 Å². The summed E-state index contributed by atoms with van der Waals surface area (Å²) in [6.45, 7) is 0. The maximum Gasteiger partial charge on any atom is 0.226 e. The van der Waals surface area contributed by atoms with Gasteiger partial charge < -0.3 is 10.2 Å². The molecule has 0 saturated heterocycles. The van der Waals surface area contributed by atoms with E-state index in [2.05, 4.69) is 0 Å². The van der Waals surface area contributed by atoms with E-state index in [4.69, 9.17) is 20.7 Å². The Hall–Kier alpha value is -2.92. The number of hydrogen-bond acceptors (Lipinski definition) is 4. The zero-order chi connectivity index (χ0) is 12.0. The van der Waals surface area contributed by atoms with Crippen LogP contribution in [0.3, 0.4) is 0 Å². The van der Waals surface area contributed by atoms with Crippen molar-refractivity contribution < 1.29 is 4.42 Å². The quantitative estimate of drug-likeness (QED) is 0.629. The first kappa shape index (κ1) is 9.32. The van der Waals surface area contributed by atoms with Crippen molar-refractivity contribution in [2.45, 2.75) is 0 Å². The molecule has 2 N–H and O–H groups in total. The van der Waals surface area contributed by atoms with E-state index < -0.39 is 0 Å². The number of oxazole rings is 1. The van der Waals surface area contributed by atoms with Gasteiger partial charge in [-0.25, -0.2) is 0 Å². The molecule has 0 aliphatic rings. The number of benzene rings is 1. The lowest BCUT2D eigenvalue weighted by Crippen LogP contribution is -1.91. The third-order valence-corrected chi connectivity index (χ3v) is 2.70. The van der Waals surface area contributed by atoms with Gasteiger partial charge in [0.1, 0.15) is 17.7 Å². The maximum absolute atomic E-state index is 9.10. The Morgan fingerprint density at radius 1 is 1.18 bits per heavy atom. The van der Waals surface area contributed by atoms with E-state index in [1.54, 1.807) is 10.5 Å². The van der Waals surface area contributed by atoms with Crippen molar-refractivity contribution >= 4 is 22.5 Å². The number of hydrogen-bond donors (Lipinski definition) is 1. The van der Waals surface area contributed by atoms with E-state index in [0.29, 0.717) is 11.3 Å². The number of anilines is 1. The summed E-state index contributed by atoms with van der Waals surface area (Å²) >= 11 is 0. The molecule has 3 rings (SSSR count). The number of nitrogens with zero attached hydrogens (tertiary/aromatic N) is 3. The van der Waals surface area contributed by atoms with Crippen molar-refractivity contribution in [3.63, 3.8) is 0 Å². The van der Waals surface area contributed by atoms with Crippen LogP contribution in [-0.4, -0.2) is 4.40 Å². The molecular formula is C12H6N4O. The molecule has 0 amide bonds. The molecule has 17 heavy (non-hydrogen) atoms. The van der Waals surface area contributed by atoms with E-state index in [1.165, 1.54) is 0 Å². The van der Waals surface area contributed by atoms with Crippen molar-refractivity contribution in [2.75, 3.05) is 5.73 Å². The summed E-state index contributed by atoms with van der Waals surface area (Å²) in [6.07, 6.45) is 0. The van der Waals surface area contributed by atoms with Crippen LogP contribution in [0.15, 0.2) is 28.7 Å². The van der Waals surface area contributed by atoms with Gasteiger partial charge in [0.15, 0.2) is 11.3 Å².